The Morgan fingerprint density at radius 2 is 1.80 bits per heavy atom. The van der Waals surface area contributed by atoms with Crippen LogP contribution in [-0.4, -0.2) is 22.9 Å². The summed E-state index contributed by atoms with van der Waals surface area (Å²) in [5.41, 5.74) is 1.56. The molecule has 1 N–H and O–H groups in total. The van der Waals surface area contributed by atoms with Gasteiger partial charge in [0.2, 0.25) is 0 Å². The molecule has 25 heavy (non-hydrogen) atoms. The maximum atomic E-state index is 13.7. The summed E-state index contributed by atoms with van der Waals surface area (Å²) in [6, 6.07) is 17.4. The summed E-state index contributed by atoms with van der Waals surface area (Å²) in [5, 5.41) is 3.01. The van der Waals surface area contributed by atoms with Crippen LogP contribution in [0, 0.1) is 5.82 Å². The Hall–Kier alpha value is -3.28. The van der Waals surface area contributed by atoms with Crippen LogP contribution in [0.2, 0.25) is 0 Å². The molecule has 0 radical (unpaired) electrons. The van der Waals surface area contributed by atoms with Gasteiger partial charge in [-0.15, -0.1) is 0 Å². The number of para-hydroxylation sites is 1. The first kappa shape index (κ1) is 16.6. The Morgan fingerprint density at radius 3 is 2.56 bits per heavy atom. The van der Waals surface area contributed by atoms with Gasteiger partial charge < -0.3 is 10.2 Å². The van der Waals surface area contributed by atoms with Crippen LogP contribution < -0.4 is 10.2 Å². The lowest BCUT2D eigenvalue weighted by molar-refractivity contribution is 0.0988. The quantitative estimate of drug-likeness (QED) is 0.775. The van der Waals surface area contributed by atoms with Crippen molar-refractivity contribution >= 4 is 17.4 Å². The van der Waals surface area contributed by atoms with Crippen LogP contribution in [0.3, 0.4) is 0 Å². The molecule has 1 amide bonds. The van der Waals surface area contributed by atoms with Crippen molar-refractivity contribution in [3.8, 4) is 0 Å². The van der Waals surface area contributed by atoms with Crippen LogP contribution in [0.15, 0.2) is 67.0 Å². The van der Waals surface area contributed by atoms with Gasteiger partial charge in [-0.1, -0.05) is 36.4 Å². The van der Waals surface area contributed by atoms with Gasteiger partial charge in [0, 0.05) is 30.9 Å². The highest BCUT2D eigenvalue weighted by molar-refractivity contribution is 6.04. The molecule has 0 saturated carbocycles. The molecule has 6 heteroatoms. The Balaban J connectivity index is 1.73. The lowest BCUT2D eigenvalue weighted by Gasteiger charge is -2.17. The van der Waals surface area contributed by atoms with Gasteiger partial charge in [-0.05, 0) is 18.2 Å². The molecule has 3 aromatic rings. The SMILES string of the molecule is CN(C(=O)c1cc(NCc2ccccc2F)ncn1)c1ccccc1. The van der Waals surface area contributed by atoms with Crippen LogP contribution in [-0.2, 0) is 6.54 Å². The van der Waals surface area contributed by atoms with Crippen LogP contribution in [0.25, 0.3) is 0 Å². The normalized spacial score (nSPS) is 10.3. The number of benzene rings is 2. The highest BCUT2D eigenvalue weighted by atomic mass is 19.1. The van der Waals surface area contributed by atoms with Crippen molar-refractivity contribution in [2.75, 3.05) is 17.3 Å². The second-order valence-corrected chi connectivity index (χ2v) is 5.43. The van der Waals surface area contributed by atoms with E-state index in [1.54, 1.807) is 31.3 Å². The third-order valence-corrected chi connectivity index (χ3v) is 3.75. The van der Waals surface area contributed by atoms with E-state index in [9.17, 15) is 9.18 Å². The number of carbonyl (C=O) groups excluding carboxylic acids is 1. The van der Waals surface area contributed by atoms with E-state index in [1.807, 2.05) is 30.3 Å². The molecule has 3 rings (SSSR count). The summed E-state index contributed by atoms with van der Waals surface area (Å²) in [6.45, 7) is 0.270. The number of nitrogens with zero attached hydrogens (tertiary/aromatic N) is 3. The number of halogens is 1. The lowest BCUT2D eigenvalue weighted by atomic mass is 10.2. The minimum Gasteiger partial charge on any atom is -0.366 e. The summed E-state index contributed by atoms with van der Waals surface area (Å²) >= 11 is 0. The van der Waals surface area contributed by atoms with Gasteiger partial charge in [0.05, 0.1) is 0 Å². The van der Waals surface area contributed by atoms with E-state index in [4.69, 9.17) is 0 Å². The fourth-order valence-electron chi connectivity index (χ4n) is 2.34. The van der Waals surface area contributed by atoms with Crippen molar-refractivity contribution in [3.05, 3.63) is 84.1 Å². The lowest BCUT2D eigenvalue weighted by Crippen LogP contribution is -2.27. The molecule has 0 saturated heterocycles. The predicted octanol–water partition coefficient (Wildman–Crippen LogP) is 3.50. The number of hydrogen-bond donors (Lipinski definition) is 1. The van der Waals surface area contributed by atoms with Crippen LogP contribution in [0.4, 0.5) is 15.9 Å². The summed E-state index contributed by atoms with van der Waals surface area (Å²) < 4.78 is 13.7. The zero-order valence-electron chi connectivity index (χ0n) is 13.7. The van der Waals surface area contributed by atoms with Crippen LogP contribution in [0.1, 0.15) is 16.1 Å². The fraction of sp³-hybridized carbons (Fsp3) is 0.105. The third-order valence-electron chi connectivity index (χ3n) is 3.75. The standard InChI is InChI=1S/C19H17FN4O/c1-24(15-8-3-2-4-9-15)19(25)17-11-18(23-13-22-17)21-12-14-7-5-6-10-16(14)20/h2-11,13H,12H2,1H3,(H,21,22,23). The summed E-state index contributed by atoms with van der Waals surface area (Å²) in [6.07, 6.45) is 1.32. The molecule has 1 heterocycles. The Labute approximate surface area is 145 Å². The molecule has 0 unspecified atom stereocenters. The second-order valence-electron chi connectivity index (χ2n) is 5.43. The summed E-state index contributed by atoms with van der Waals surface area (Å²) in [5.74, 6) is -0.0743. The molecule has 0 aliphatic carbocycles. The molecule has 0 fully saturated rings. The van der Waals surface area contributed by atoms with E-state index < -0.39 is 0 Å². The van der Waals surface area contributed by atoms with Crippen molar-refractivity contribution < 1.29 is 9.18 Å². The number of aromatic nitrogens is 2. The zero-order chi connectivity index (χ0) is 17.6. The van der Waals surface area contributed by atoms with Gasteiger partial charge in [-0.3, -0.25) is 4.79 Å². The highest BCUT2D eigenvalue weighted by Gasteiger charge is 2.15. The highest BCUT2D eigenvalue weighted by Crippen LogP contribution is 2.15. The first-order chi connectivity index (χ1) is 12.1. The van der Waals surface area contributed by atoms with Crippen molar-refractivity contribution in [1.29, 1.82) is 0 Å². The van der Waals surface area contributed by atoms with Gasteiger partial charge in [-0.25, -0.2) is 14.4 Å². The van der Waals surface area contributed by atoms with E-state index in [1.165, 1.54) is 17.3 Å². The fourth-order valence-corrected chi connectivity index (χ4v) is 2.34. The minimum atomic E-state index is -0.288. The van der Waals surface area contributed by atoms with E-state index in [0.29, 0.717) is 11.4 Å². The molecule has 0 bridgehead atoms. The first-order valence-electron chi connectivity index (χ1n) is 7.77. The van der Waals surface area contributed by atoms with Gasteiger partial charge >= 0.3 is 0 Å². The number of rotatable bonds is 5. The molecule has 126 valence electrons. The van der Waals surface area contributed by atoms with Gasteiger partial charge in [0.1, 0.15) is 23.7 Å². The summed E-state index contributed by atoms with van der Waals surface area (Å²) in [7, 11) is 1.69. The maximum absolute atomic E-state index is 13.7. The zero-order valence-corrected chi connectivity index (χ0v) is 13.7. The Kier molecular flexibility index (Phi) is 4.99. The monoisotopic (exact) mass is 336 g/mol. The number of anilines is 2. The molecule has 2 aromatic carbocycles. The van der Waals surface area contributed by atoms with E-state index in [-0.39, 0.29) is 24.0 Å². The van der Waals surface area contributed by atoms with Gasteiger partial charge in [0.15, 0.2) is 0 Å². The predicted molar refractivity (Wildman–Crippen MR) is 94.9 cm³/mol. The third kappa shape index (κ3) is 3.98. The minimum absolute atomic E-state index is 0.248. The molecular formula is C19H17FN4O. The summed E-state index contributed by atoms with van der Waals surface area (Å²) in [4.78, 5) is 22.2. The average molecular weight is 336 g/mol. The average Bonchev–Trinajstić information content (AvgIpc) is 2.67. The molecule has 1 aromatic heterocycles. The second kappa shape index (κ2) is 7.53. The van der Waals surface area contributed by atoms with Crippen molar-refractivity contribution in [2.24, 2.45) is 0 Å². The van der Waals surface area contributed by atoms with E-state index in [2.05, 4.69) is 15.3 Å². The number of carbonyl (C=O) groups is 1. The van der Waals surface area contributed by atoms with Gasteiger partial charge in [0.25, 0.3) is 5.91 Å². The van der Waals surface area contributed by atoms with Gasteiger partial charge in [-0.2, -0.15) is 0 Å². The topological polar surface area (TPSA) is 58.1 Å². The number of amides is 1. The van der Waals surface area contributed by atoms with E-state index >= 15 is 0 Å². The van der Waals surface area contributed by atoms with Crippen molar-refractivity contribution in [1.82, 2.24) is 9.97 Å². The molecule has 5 nitrogen and oxygen atoms in total. The largest absolute Gasteiger partial charge is 0.366 e. The van der Waals surface area contributed by atoms with Crippen molar-refractivity contribution in [2.45, 2.75) is 6.54 Å². The molecule has 0 aliphatic rings. The first-order valence-corrected chi connectivity index (χ1v) is 7.77. The van der Waals surface area contributed by atoms with Crippen molar-refractivity contribution in [3.63, 3.8) is 0 Å². The van der Waals surface area contributed by atoms with Crippen LogP contribution in [0.5, 0.6) is 0 Å². The Bertz CT molecular complexity index is 870. The maximum Gasteiger partial charge on any atom is 0.276 e. The number of nitrogens with one attached hydrogen (secondary N) is 1. The molecule has 0 atom stereocenters. The number of hydrogen-bond acceptors (Lipinski definition) is 4. The molecule has 0 spiro atoms. The Morgan fingerprint density at radius 1 is 1.08 bits per heavy atom. The molecule has 0 aliphatic heterocycles. The van der Waals surface area contributed by atoms with Crippen LogP contribution >= 0.6 is 0 Å². The van der Waals surface area contributed by atoms with E-state index in [0.717, 1.165) is 5.69 Å². The smallest absolute Gasteiger partial charge is 0.276 e. The molecular weight excluding hydrogens is 319 g/mol.